The number of fused-ring (bicyclic) bond motifs is 3. The number of hydrogen-bond donors (Lipinski definition) is 1. The molecule has 8 rings (SSSR count). The second-order valence-corrected chi connectivity index (χ2v) is 17.4. The van der Waals surface area contributed by atoms with Crippen molar-refractivity contribution in [2.45, 2.75) is 135 Å². The Morgan fingerprint density at radius 2 is 1.65 bits per heavy atom. The van der Waals surface area contributed by atoms with Crippen LogP contribution in [0.5, 0.6) is 0 Å². The SMILES string of the molecule is COC(=O)CC1C2(C)CC34OC5(C)OC67C(/C(=C(/OC(C)=O)C(C)C)C(=O)OC6C3(O)C2OC(C)=O)C(C)(C(OC(C)=O)c2ccoc2)CCC7(O5)C14C. The first-order valence-corrected chi connectivity index (χ1v) is 18.5. The average Bonchev–Trinajstić information content (AvgIpc) is 3.76. The van der Waals surface area contributed by atoms with Crippen molar-refractivity contribution >= 4 is 29.8 Å². The van der Waals surface area contributed by atoms with Crippen LogP contribution in [0.25, 0.3) is 0 Å². The maximum Gasteiger partial charge on any atom is 0.338 e. The van der Waals surface area contributed by atoms with E-state index >= 15 is 4.79 Å². The van der Waals surface area contributed by atoms with E-state index in [1.807, 2.05) is 20.8 Å². The molecular weight excluding hydrogens is 708 g/mol. The maximum absolute atomic E-state index is 15.0. The molecule has 1 N–H and O–H groups in total. The average molecular weight is 757 g/mol. The van der Waals surface area contributed by atoms with Crippen LogP contribution in [0.15, 0.2) is 34.3 Å². The third-order valence-electron chi connectivity index (χ3n) is 14.4. The van der Waals surface area contributed by atoms with Crippen molar-refractivity contribution in [2.24, 2.45) is 34.0 Å². The van der Waals surface area contributed by atoms with Gasteiger partial charge in [-0.25, -0.2) is 4.79 Å². The van der Waals surface area contributed by atoms with Crippen LogP contribution >= 0.6 is 0 Å². The van der Waals surface area contributed by atoms with Gasteiger partial charge in [-0.15, -0.1) is 0 Å². The molecule has 0 radical (unpaired) electrons. The summed E-state index contributed by atoms with van der Waals surface area (Å²) in [6.07, 6.45) is -0.876. The van der Waals surface area contributed by atoms with Crippen LogP contribution in [-0.2, 0) is 61.9 Å². The van der Waals surface area contributed by atoms with E-state index in [0.29, 0.717) is 5.56 Å². The summed E-state index contributed by atoms with van der Waals surface area (Å²) < 4.78 is 56.8. The number of hydrogen-bond acceptors (Lipinski definition) is 15. The third kappa shape index (κ3) is 3.89. The van der Waals surface area contributed by atoms with E-state index in [4.69, 9.17) is 42.3 Å². The smallest absolute Gasteiger partial charge is 0.338 e. The van der Waals surface area contributed by atoms with E-state index in [9.17, 15) is 24.3 Å². The van der Waals surface area contributed by atoms with Gasteiger partial charge in [-0.1, -0.05) is 34.6 Å². The molecule has 0 aromatic carbocycles. The Morgan fingerprint density at radius 1 is 0.963 bits per heavy atom. The van der Waals surface area contributed by atoms with Crippen molar-refractivity contribution in [2.75, 3.05) is 7.11 Å². The predicted molar refractivity (Wildman–Crippen MR) is 179 cm³/mol. The number of esters is 5. The number of carbonyl (C=O) groups excluding carboxylic acids is 5. The van der Waals surface area contributed by atoms with E-state index in [1.165, 1.54) is 40.4 Å². The second kappa shape index (κ2) is 10.9. The van der Waals surface area contributed by atoms with Gasteiger partial charge in [-0.2, -0.15) is 0 Å². The molecule has 15 heteroatoms. The highest BCUT2D eigenvalue weighted by Gasteiger charge is 3.04. The lowest BCUT2D eigenvalue weighted by Crippen LogP contribution is -2.94. The Morgan fingerprint density at radius 3 is 2.22 bits per heavy atom. The van der Waals surface area contributed by atoms with Crippen LogP contribution in [0.3, 0.4) is 0 Å². The Hall–Kier alpha value is -3.79. The first-order valence-electron chi connectivity index (χ1n) is 18.5. The van der Waals surface area contributed by atoms with Crippen LogP contribution in [-0.4, -0.2) is 82.6 Å². The Kier molecular flexibility index (Phi) is 7.53. The molecule has 3 saturated heterocycles. The predicted octanol–water partition coefficient (Wildman–Crippen LogP) is 3.95. The first kappa shape index (κ1) is 37.1. The molecule has 4 bridgehead atoms. The molecule has 54 heavy (non-hydrogen) atoms. The Bertz CT molecular complexity index is 1900. The number of aliphatic hydroxyl groups is 1. The van der Waals surface area contributed by atoms with Crippen molar-refractivity contribution in [3.05, 3.63) is 35.5 Å². The molecule has 0 amide bonds. The zero-order valence-electron chi connectivity index (χ0n) is 32.2. The van der Waals surface area contributed by atoms with Crippen molar-refractivity contribution in [3.63, 3.8) is 0 Å². The van der Waals surface area contributed by atoms with E-state index in [2.05, 4.69) is 0 Å². The van der Waals surface area contributed by atoms with Crippen LogP contribution in [0.1, 0.15) is 99.7 Å². The molecule has 7 aliphatic rings. The van der Waals surface area contributed by atoms with Crippen LogP contribution in [0, 0.1) is 34.0 Å². The summed E-state index contributed by atoms with van der Waals surface area (Å²) in [4.78, 5) is 67.3. The number of methoxy groups -OCH3 is 1. The highest BCUT2D eigenvalue weighted by Crippen LogP contribution is 2.90. The lowest BCUT2D eigenvalue weighted by molar-refractivity contribution is -0.478. The highest BCUT2D eigenvalue weighted by atomic mass is 16.9. The summed E-state index contributed by atoms with van der Waals surface area (Å²) in [5.41, 5.74) is -10.7. The normalized spacial score (nSPS) is 47.4. The van der Waals surface area contributed by atoms with Gasteiger partial charge in [0.15, 0.2) is 17.3 Å². The summed E-state index contributed by atoms with van der Waals surface area (Å²) in [6, 6.07) is 1.66. The van der Waals surface area contributed by atoms with Crippen LogP contribution in [0.4, 0.5) is 0 Å². The van der Waals surface area contributed by atoms with Gasteiger partial charge in [0.05, 0.1) is 25.2 Å². The molecule has 4 saturated carbocycles. The number of allylic oxidation sites excluding steroid dienone is 1. The fourth-order valence-corrected chi connectivity index (χ4v) is 13.2. The Balaban J connectivity index is 1.52. The van der Waals surface area contributed by atoms with E-state index in [-0.39, 0.29) is 37.0 Å². The van der Waals surface area contributed by atoms with Gasteiger partial charge >= 0.3 is 29.8 Å². The second-order valence-electron chi connectivity index (χ2n) is 17.4. The molecular formula is C39H48O15. The molecule has 13 unspecified atom stereocenters. The molecule has 4 aliphatic carbocycles. The molecule has 13 atom stereocenters. The fraction of sp³-hybridized carbons (Fsp3) is 0.718. The van der Waals surface area contributed by atoms with Crippen LogP contribution < -0.4 is 0 Å². The number of carbonyl (C=O) groups is 5. The third-order valence-corrected chi connectivity index (χ3v) is 14.4. The minimum absolute atomic E-state index is 0.0000157. The standard InChI is InChI=1S/C39H48O15/c1-18(2)26(48-19(3)40)25-27-32(6,28(49-20(4)41)22-11-14-47-16-22)12-13-36-34(8)23(15-24(43)46-10)33(7)17-37(34)38(45,30(33)50-21(5)42)31(51-29(25)44)39(27,36)54-35(9,52-36)53-37/h11,14,16,18,23,27-28,30-31,45H,12-13,15,17H2,1-10H3/b26-25-. The van der Waals surface area contributed by atoms with Gasteiger partial charge in [-0.05, 0) is 31.2 Å². The molecule has 3 spiro atoms. The van der Waals surface area contributed by atoms with Crippen molar-refractivity contribution in [1.82, 2.24) is 0 Å². The number of furan rings is 1. The Labute approximate surface area is 312 Å². The molecule has 1 aromatic rings. The van der Waals surface area contributed by atoms with Gasteiger partial charge in [0.1, 0.15) is 29.2 Å². The monoisotopic (exact) mass is 756 g/mol. The molecule has 7 fully saturated rings. The van der Waals surface area contributed by atoms with E-state index in [1.54, 1.807) is 26.8 Å². The van der Waals surface area contributed by atoms with E-state index < -0.39 is 111 Å². The summed E-state index contributed by atoms with van der Waals surface area (Å²) >= 11 is 0. The van der Waals surface area contributed by atoms with Gasteiger partial charge in [0.25, 0.3) is 5.97 Å². The van der Waals surface area contributed by atoms with Crippen molar-refractivity contribution in [3.8, 4) is 0 Å². The topological polar surface area (TPSA) is 193 Å². The zero-order chi connectivity index (χ0) is 39.4. The minimum Gasteiger partial charge on any atom is -0.472 e. The fourth-order valence-electron chi connectivity index (χ4n) is 13.2. The lowest BCUT2D eigenvalue weighted by atomic mass is 9.33. The largest absolute Gasteiger partial charge is 0.472 e. The molecule has 15 nitrogen and oxygen atoms in total. The van der Waals surface area contributed by atoms with Gasteiger partial charge in [-0.3, -0.25) is 19.2 Å². The summed E-state index contributed by atoms with van der Waals surface area (Å²) in [5, 5.41) is 13.8. The molecule has 3 aliphatic heterocycles. The van der Waals surface area contributed by atoms with E-state index in [0.717, 1.165) is 0 Å². The number of rotatable bonds is 8. The molecule has 4 heterocycles. The maximum atomic E-state index is 15.0. The van der Waals surface area contributed by atoms with Gasteiger partial charge < -0.3 is 47.4 Å². The molecule has 294 valence electrons. The minimum atomic E-state index is -2.29. The van der Waals surface area contributed by atoms with Gasteiger partial charge in [0, 0.05) is 67.8 Å². The molecule has 1 aromatic heterocycles. The highest BCUT2D eigenvalue weighted by molar-refractivity contribution is 5.93. The van der Waals surface area contributed by atoms with Crippen molar-refractivity contribution < 1.29 is 71.4 Å². The summed E-state index contributed by atoms with van der Waals surface area (Å²) in [6.45, 7) is 14.4. The quantitative estimate of drug-likeness (QED) is 0.173. The zero-order valence-corrected chi connectivity index (χ0v) is 32.2. The lowest BCUT2D eigenvalue weighted by Gasteiger charge is -2.77. The number of ether oxygens (including phenoxy) is 8. The van der Waals surface area contributed by atoms with Crippen molar-refractivity contribution in [1.29, 1.82) is 0 Å². The first-order chi connectivity index (χ1) is 25.1. The van der Waals surface area contributed by atoms with Crippen LogP contribution in [0.2, 0.25) is 0 Å². The van der Waals surface area contributed by atoms with Gasteiger partial charge in [0.2, 0.25) is 0 Å². The summed E-state index contributed by atoms with van der Waals surface area (Å²) in [7, 11) is 1.29. The summed E-state index contributed by atoms with van der Waals surface area (Å²) in [5.74, 6) is -7.85.